The van der Waals surface area contributed by atoms with E-state index < -0.39 is 0 Å². The lowest BCUT2D eigenvalue weighted by Gasteiger charge is -2.12. The molecule has 0 aliphatic heterocycles. The molecule has 0 radical (unpaired) electrons. The number of pyridine rings is 1. The molecule has 2 rings (SSSR count). The summed E-state index contributed by atoms with van der Waals surface area (Å²) in [5.74, 6) is 1.60. The van der Waals surface area contributed by atoms with Gasteiger partial charge < -0.3 is 4.74 Å². The standard InChI is InChI=1S/C13H11Br2NO/c1-8-4-3-5-9(2)13(8)17-11-7-16-12(15)6-10(11)14/h3-7H,1-2H3. The Morgan fingerprint density at radius 3 is 2.35 bits per heavy atom. The smallest absolute Gasteiger partial charge is 0.159 e. The molecule has 17 heavy (non-hydrogen) atoms. The molecular weight excluding hydrogens is 346 g/mol. The number of ether oxygens (including phenoxy) is 1. The van der Waals surface area contributed by atoms with Gasteiger partial charge in [-0.1, -0.05) is 18.2 Å². The molecule has 0 atom stereocenters. The van der Waals surface area contributed by atoms with Crippen molar-refractivity contribution in [3.05, 3.63) is 50.7 Å². The lowest BCUT2D eigenvalue weighted by molar-refractivity contribution is 0.469. The van der Waals surface area contributed by atoms with Crippen LogP contribution in [0.25, 0.3) is 0 Å². The molecule has 0 fully saturated rings. The van der Waals surface area contributed by atoms with Gasteiger partial charge in [-0.15, -0.1) is 0 Å². The van der Waals surface area contributed by atoms with Crippen molar-refractivity contribution in [3.63, 3.8) is 0 Å². The number of rotatable bonds is 2. The maximum atomic E-state index is 5.90. The molecule has 1 aromatic heterocycles. The molecule has 0 N–H and O–H groups in total. The Morgan fingerprint density at radius 1 is 1.12 bits per heavy atom. The van der Waals surface area contributed by atoms with Crippen LogP contribution in [0.2, 0.25) is 0 Å². The van der Waals surface area contributed by atoms with Crippen molar-refractivity contribution < 1.29 is 4.74 Å². The predicted molar refractivity (Wildman–Crippen MR) is 75.6 cm³/mol. The van der Waals surface area contributed by atoms with Crippen molar-refractivity contribution in [3.8, 4) is 11.5 Å². The molecule has 0 aliphatic rings. The van der Waals surface area contributed by atoms with E-state index in [-0.39, 0.29) is 0 Å². The summed E-state index contributed by atoms with van der Waals surface area (Å²) < 4.78 is 7.55. The SMILES string of the molecule is Cc1cccc(C)c1Oc1cnc(Br)cc1Br. The van der Waals surface area contributed by atoms with Crippen LogP contribution in [0.3, 0.4) is 0 Å². The zero-order valence-corrected chi connectivity index (χ0v) is 12.7. The van der Waals surface area contributed by atoms with Crippen LogP contribution in [0.4, 0.5) is 0 Å². The molecule has 0 aliphatic carbocycles. The molecule has 0 unspecified atom stereocenters. The lowest BCUT2D eigenvalue weighted by atomic mass is 10.1. The van der Waals surface area contributed by atoms with Crippen molar-refractivity contribution in [2.45, 2.75) is 13.8 Å². The summed E-state index contributed by atoms with van der Waals surface area (Å²) >= 11 is 6.77. The molecule has 2 aromatic rings. The number of nitrogens with zero attached hydrogens (tertiary/aromatic N) is 1. The first-order valence-electron chi connectivity index (χ1n) is 5.13. The average molecular weight is 357 g/mol. The normalized spacial score (nSPS) is 10.4. The Balaban J connectivity index is 2.38. The number of halogens is 2. The fourth-order valence-electron chi connectivity index (χ4n) is 1.54. The van der Waals surface area contributed by atoms with Crippen LogP contribution >= 0.6 is 31.9 Å². The van der Waals surface area contributed by atoms with Crippen molar-refractivity contribution in [2.75, 3.05) is 0 Å². The van der Waals surface area contributed by atoms with Crippen molar-refractivity contribution in [1.29, 1.82) is 0 Å². The Kier molecular flexibility index (Phi) is 3.84. The van der Waals surface area contributed by atoms with Gasteiger partial charge in [0.15, 0.2) is 5.75 Å². The van der Waals surface area contributed by atoms with Gasteiger partial charge in [0, 0.05) is 0 Å². The first-order chi connectivity index (χ1) is 8.08. The molecule has 0 saturated carbocycles. The molecule has 1 heterocycles. The Labute approximate surface area is 117 Å². The van der Waals surface area contributed by atoms with E-state index >= 15 is 0 Å². The third kappa shape index (κ3) is 2.87. The Bertz CT molecular complexity index is 535. The van der Waals surface area contributed by atoms with Crippen LogP contribution < -0.4 is 4.74 Å². The summed E-state index contributed by atoms with van der Waals surface area (Å²) in [7, 11) is 0. The maximum Gasteiger partial charge on any atom is 0.159 e. The lowest BCUT2D eigenvalue weighted by Crippen LogP contribution is -1.92. The van der Waals surface area contributed by atoms with Crippen molar-refractivity contribution in [1.82, 2.24) is 4.98 Å². The van der Waals surface area contributed by atoms with Gasteiger partial charge in [0.25, 0.3) is 0 Å². The molecule has 4 heteroatoms. The number of para-hydroxylation sites is 1. The van der Waals surface area contributed by atoms with Crippen molar-refractivity contribution in [2.24, 2.45) is 0 Å². The topological polar surface area (TPSA) is 22.1 Å². The second-order valence-corrected chi connectivity index (χ2v) is 5.43. The molecule has 1 aromatic carbocycles. The van der Waals surface area contributed by atoms with Crippen LogP contribution in [0.5, 0.6) is 11.5 Å². The Morgan fingerprint density at radius 2 is 1.76 bits per heavy atom. The summed E-state index contributed by atoms with van der Waals surface area (Å²) in [5, 5.41) is 0. The van der Waals surface area contributed by atoms with Gasteiger partial charge in [0.05, 0.1) is 10.7 Å². The van der Waals surface area contributed by atoms with Crippen LogP contribution in [-0.2, 0) is 0 Å². The van der Waals surface area contributed by atoms with Crippen molar-refractivity contribution >= 4 is 31.9 Å². The number of aryl methyl sites for hydroxylation is 2. The molecule has 88 valence electrons. The second-order valence-electron chi connectivity index (χ2n) is 3.76. The van der Waals surface area contributed by atoms with E-state index in [1.165, 1.54) is 0 Å². The first-order valence-corrected chi connectivity index (χ1v) is 6.71. The summed E-state index contributed by atoms with van der Waals surface area (Å²) in [6.45, 7) is 4.06. The van der Waals surface area contributed by atoms with Gasteiger partial charge in [-0.05, 0) is 62.9 Å². The zero-order chi connectivity index (χ0) is 12.4. The highest BCUT2D eigenvalue weighted by atomic mass is 79.9. The fraction of sp³-hybridized carbons (Fsp3) is 0.154. The average Bonchev–Trinajstić information content (AvgIpc) is 2.26. The van der Waals surface area contributed by atoms with E-state index in [4.69, 9.17) is 4.74 Å². The minimum atomic E-state index is 0.714. The van der Waals surface area contributed by atoms with E-state index in [9.17, 15) is 0 Å². The molecular formula is C13H11Br2NO. The Hall–Kier alpha value is -0.870. The largest absolute Gasteiger partial charge is 0.454 e. The van der Waals surface area contributed by atoms with Crippen LogP contribution in [0.1, 0.15) is 11.1 Å². The summed E-state index contributed by atoms with van der Waals surface area (Å²) in [4.78, 5) is 4.16. The summed E-state index contributed by atoms with van der Waals surface area (Å²) in [5.41, 5.74) is 2.22. The minimum absolute atomic E-state index is 0.714. The van der Waals surface area contributed by atoms with Crippen LogP contribution in [0.15, 0.2) is 39.5 Å². The number of aromatic nitrogens is 1. The second kappa shape index (κ2) is 5.19. The van der Waals surface area contributed by atoms with Gasteiger partial charge in [-0.2, -0.15) is 0 Å². The number of hydrogen-bond acceptors (Lipinski definition) is 2. The fourth-order valence-corrected chi connectivity index (χ4v) is 2.58. The summed E-state index contributed by atoms with van der Waals surface area (Å²) in [6, 6.07) is 7.94. The van der Waals surface area contributed by atoms with E-state index in [2.05, 4.69) is 36.8 Å². The van der Waals surface area contributed by atoms with Crippen LogP contribution in [0, 0.1) is 13.8 Å². The van der Waals surface area contributed by atoms with Gasteiger partial charge in [-0.25, -0.2) is 4.98 Å². The molecule has 2 nitrogen and oxygen atoms in total. The number of hydrogen-bond donors (Lipinski definition) is 0. The van der Waals surface area contributed by atoms with Gasteiger partial charge in [-0.3, -0.25) is 0 Å². The molecule has 0 bridgehead atoms. The quantitative estimate of drug-likeness (QED) is 0.705. The van der Waals surface area contributed by atoms with E-state index in [1.54, 1.807) is 6.20 Å². The number of benzene rings is 1. The van der Waals surface area contributed by atoms with E-state index in [1.807, 2.05) is 38.1 Å². The highest BCUT2D eigenvalue weighted by Gasteiger charge is 2.08. The predicted octanol–water partition coefficient (Wildman–Crippen LogP) is 5.02. The maximum absolute atomic E-state index is 5.90. The van der Waals surface area contributed by atoms with E-state index in [0.717, 1.165) is 26.0 Å². The van der Waals surface area contributed by atoms with Gasteiger partial charge >= 0.3 is 0 Å². The monoisotopic (exact) mass is 355 g/mol. The van der Waals surface area contributed by atoms with Gasteiger partial charge in [0.2, 0.25) is 0 Å². The molecule has 0 spiro atoms. The summed E-state index contributed by atoms with van der Waals surface area (Å²) in [6.07, 6.45) is 1.69. The van der Waals surface area contributed by atoms with Gasteiger partial charge in [0.1, 0.15) is 10.4 Å². The highest BCUT2D eigenvalue weighted by molar-refractivity contribution is 9.11. The third-order valence-corrected chi connectivity index (χ3v) is 3.46. The first kappa shape index (κ1) is 12.6. The minimum Gasteiger partial charge on any atom is -0.454 e. The zero-order valence-electron chi connectivity index (χ0n) is 9.50. The van der Waals surface area contributed by atoms with Crippen LogP contribution in [-0.4, -0.2) is 4.98 Å². The molecule has 0 amide bonds. The highest BCUT2D eigenvalue weighted by Crippen LogP contribution is 2.33. The third-order valence-electron chi connectivity index (χ3n) is 2.41. The molecule has 0 saturated heterocycles. The van der Waals surface area contributed by atoms with E-state index in [0.29, 0.717) is 5.75 Å².